The summed E-state index contributed by atoms with van der Waals surface area (Å²) in [6.07, 6.45) is 0.797. The number of aryl methyl sites for hydroxylation is 2. The first-order valence-electron chi connectivity index (χ1n) is 6.31. The normalized spacial score (nSPS) is 11.2. The van der Waals surface area contributed by atoms with Crippen LogP contribution in [0.4, 0.5) is 0 Å². The van der Waals surface area contributed by atoms with Crippen molar-refractivity contribution in [2.24, 2.45) is 13.0 Å². The van der Waals surface area contributed by atoms with E-state index >= 15 is 0 Å². The molecule has 2 aromatic rings. The predicted octanol–water partition coefficient (Wildman–Crippen LogP) is 3.30. The van der Waals surface area contributed by atoms with Crippen molar-refractivity contribution in [3.63, 3.8) is 0 Å². The molecule has 0 aliphatic heterocycles. The first-order chi connectivity index (χ1) is 8.50. The molecule has 0 aliphatic carbocycles. The Morgan fingerprint density at radius 1 is 1.28 bits per heavy atom. The van der Waals surface area contributed by atoms with Gasteiger partial charge in [0.2, 0.25) is 0 Å². The van der Waals surface area contributed by atoms with Crippen molar-refractivity contribution in [2.75, 3.05) is 0 Å². The molecule has 0 saturated heterocycles. The molecule has 0 fully saturated rings. The smallest absolute Gasteiger partial charge is 0.164 e. The van der Waals surface area contributed by atoms with E-state index < -0.39 is 0 Å². The minimum Gasteiger partial charge on any atom is -0.504 e. The maximum atomic E-state index is 10.4. The summed E-state index contributed by atoms with van der Waals surface area (Å²) in [6.45, 7) is 6.30. The van der Waals surface area contributed by atoms with Crippen molar-refractivity contribution >= 4 is 0 Å². The van der Waals surface area contributed by atoms with Crippen LogP contribution in [0.1, 0.15) is 25.1 Å². The summed E-state index contributed by atoms with van der Waals surface area (Å²) in [6, 6.07) is 8.05. The maximum Gasteiger partial charge on any atom is 0.164 e. The van der Waals surface area contributed by atoms with Crippen LogP contribution in [0.5, 0.6) is 5.75 Å². The lowest BCUT2D eigenvalue weighted by Gasteiger charge is -2.06. The van der Waals surface area contributed by atoms with Crippen LogP contribution < -0.4 is 0 Å². The first kappa shape index (κ1) is 12.7. The molecule has 0 amide bonds. The third-order valence-electron chi connectivity index (χ3n) is 3.09. The Balaban J connectivity index is 2.52. The molecule has 0 spiro atoms. The summed E-state index contributed by atoms with van der Waals surface area (Å²) in [4.78, 5) is 0. The summed E-state index contributed by atoms with van der Waals surface area (Å²) in [5, 5.41) is 14.8. The number of aromatic nitrogens is 2. The minimum atomic E-state index is 0.320. The molecule has 0 saturated carbocycles. The van der Waals surface area contributed by atoms with Crippen LogP contribution in [0.2, 0.25) is 0 Å². The Morgan fingerprint density at radius 2 is 1.94 bits per heavy atom. The number of rotatable bonds is 3. The Bertz CT molecular complexity index is 556. The average Bonchev–Trinajstić information content (AvgIpc) is 2.55. The molecule has 0 bridgehead atoms. The number of hydrogen-bond donors (Lipinski definition) is 1. The van der Waals surface area contributed by atoms with E-state index in [1.807, 2.05) is 38.2 Å². The second-order valence-corrected chi connectivity index (χ2v) is 5.18. The zero-order chi connectivity index (χ0) is 13.3. The summed E-state index contributed by atoms with van der Waals surface area (Å²) in [7, 11) is 1.88. The molecule has 0 unspecified atom stereocenters. The second-order valence-electron chi connectivity index (χ2n) is 5.18. The van der Waals surface area contributed by atoms with Gasteiger partial charge in [0.25, 0.3) is 0 Å². The van der Waals surface area contributed by atoms with Crippen LogP contribution in [0.3, 0.4) is 0 Å². The van der Waals surface area contributed by atoms with Gasteiger partial charge >= 0.3 is 0 Å². The molecule has 18 heavy (non-hydrogen) atoms. The largest absolute Gasteiger partial charge is 0.504 e. The topological polar surface area (TPSA) is 38.1 Å². The van der Waals surface area contributed by atoms with Crippen LogP contribution in [0, 0.1) is 12.8 Å². The molecule has 3 nitrogen and oxygen atoms in total. The molecule has 1 aromatic heterocycles. The fourth-order valence-corrected chi connectivity index (χ4v) is 2.23. The lowest BCUT2D eigenvalue weighted by atomic mass is 10.0. The zero-order valence-corrected chi connectivity index (χ0v) is 11.4. The molecule has 2 rings (SSSR count). The second kappa shape index (κ2) is 4.84. The van der Waals surface area contributed by atoms with Gasteiger partial charge in [0.1, 0.15) is 11.4 Å². The van der Waals surface area contributed by atoms with Gasteiger partial charge < -0.3 is 5.11 Å². The van der Waals surface area contributed by atoms with Crippen LogP contribution >= 0.6 is 0 Å². The lowest BCUT2D eigenvalue weighted by molar-refractivity contribution is 0.464. The van der Waals surface area contributed by atoms with E-state index in [1.54, 1.807) is 4.68 Å². The van der Waals surface area contributed by atoms with Gasteiger partial charge in [0.15, 0.2) is 5.75 Å². The quantitative estimate of drug-likeness (QED) is 0.899. The summed E-state index contributed by atoms with van der Waals surface area (Å²) in [5.74, 6) is 0.802. The third-order valence-corrected chi connectivity index (χ3v) is 3.09. The number of aromatic hydroxyl groups is 1. The van der Waals surface area contributed by atoms with Crippen molar-refractivity contribution in [3.8, 4) is 17.0 Å². The van der Waals surface area contributed by atoms with Gasteiger partial charge in [-0.05, 0) is 24.8 Å². The van der Waals surface area contributed by atoms with E-state index in [4.69, 9.17) is 0 Å². The summed E-state index contributed by atoms with van der Waals surface area (Å²) < 4.78 is 1.77. The van der Waals surface area contributed by atoms with Crippen LogP contribution in [0.15, 0.2) is 24.3 Å². The Hall–Kier alpha value is -1.77. The first-order valence-corrected chi connectivity index (χ1v) is 6.31. The predicted molar refractivity (Wildman–Crippen MR) is 73.6 cm³/mol. The monoisotopic (exact) mass is 244 g/mol. The molecule has 0 atom stereocenters. The minimum absolute atomic E-state index is 0.320. The lowest BCUT2D eigenvalue weighted by Crippen LogP contribution is -1.97. The SMILES string of the molecule is Cc1ccccc1-c1c(O)c(CC(C)C)nn1C. The molecule has 1 heterocycles. The molecule has 96 valence electrons. The maximum absolute atomic E-state index is 10.4. The number of hydrogen-bond acceptors (Lipinski definition) is 2. The van der Waals surface area contributed by atoms with Crippen LogP contribution in [-0.2, 0) is 13.5 Å². The number of nitrogens with zero attached hydrogens (tertiary/aromatic N) is 2. The molecule has 1 N–H and O–H groups in total. The summed E-state index contributed by atoms with van der Waals surface area (Å²) >= 11 is 0. The Kier molecular flexibility index (Phi) is 3.41. The van der Waals surface area contributed by atoms with Crippen molar-refractivity contribution in [1.82, 2.24) is 9.78 Å². The van der Waals surface area contributed by atoms with E-state index in [1.165, 1.54) is 0 Å². The highest BCUT2D eigenvalue weighted by Gasteiger charge is 2.18. The standard InChI is InChI=1S/C15H20N2O/c1-10(2)9-13-15(18)14(17(4)16-13)12-8-6-5-7-11(12)3/h5-8,10,18H,9H2,1-4H3. The van der Waals surface area contributed by atoms with Crippen LogP contribution in [-0.4, -0.2) is 14.9 Å². The van der Waals surface area contributed by atoms with Gasteiger partial charge in [-0.15, -0.1) is 0 Å². The molecular formula is C15H20N2O. The molecule has 0 aliphatic rings. The van der Waals surface area contributed by atoms with Gasteiger partial charge in [-0.3, -0.25) is 4.68 Å². The van der Waals surface area contributed by atoms with Gasteiger partial charge in [-0.1, -0.05) is 38.1 Å². The molecule has 1 aromatic carbocycles. The van der Waals surface area contributed by atoms with Crippen molar-refractivity contribution in [1.29, 1.82) is 0 Å². The zero-order valence-electron chi connectivity index (χ0n) is 11.4. The van der Waals surface area contributed by atoms with Crippen molar-refractivity contribution in [2.45, 2.75) is 27.2 Å². The fraction of sp³-hybridized carbons (Fsp3) is 0.400. The Morgan fingerprint density at radius 3 is 2.56 bits per heavy atom. The van der Waals surface area contributed by atoms with Crippen molar-refractivity contribution in [3.05, 3.63) is 35.5 Å². The Labute approximate surface area is 108 Å². The van der Waals surface area contributed by atoms with Gasteiger partial charge in [0, 0.05) is 12.6 Å². The highest BCUT2D eigenvalue weighted by atomic mass is 16.3. The molecular weight excluding hydrogens is 224 g/mol. The van der Waals surface area contributed by atoms with E-state index in [-0.39, 0.29) is 0 Å². The number of benzene rings is 1. The third kappa shape index (κ3) is 2.26. The van der Waals surface area contributed by atoms with Crippen molar-refractivity contribution < 1.29 is 5.11 Å². The van der Waals surface area contributed by atoms with E-state index in [0.717, 1.165) is 28.9 Å². The summed E-state index contributed by atoms with van der Waals surface area (Å²) in [5.41, 5.74) is 3.78. The average molecular weight is 244 g/mol. The van der Waals surface area contributed by atoms with Crippen LogP contribution in [0.25, 0.3) is 11.3 Å². The van der Waals surface area contributed by atoms with E-state index in [9.17, 15) is 5.11 Å². The molecule has 3 heteroatoms. The van der Waals surface area contributed by atoms with Gasteiger partial charge in [-0.25, -0.2) is 0 Å². The van der Waals surface area contributed by atoms with E-state index in [0.29, 0.717) is 11.7 Å². The van der Waals surface area contributed by atoms with Gasteiger partial charge in [-0.2, -0.15) is 5.10 Å². The van der Waals surface area contributed by atoms with E-state index in [2.05, 4.69) is 18.9 Å². The fourth-order valence-electron chi connectivity index (χ4n) is 2.23. The molecule has 0 radical (unpaired) electrons. The highest BCUT2D eigenvalue weighted by Crippen LogP contribution is 2.34. The van der Waals surface area contributed by atoms with Gasteiger partial charge in [0.05, 0.1) is 0 Å². The highest BCUT2D eigenvalue weighted by molar-refractivity contribution is 5.70.